The minimum atomic E-state index is -0.484. The number of rotatable bonds is 2. The van der Waals surface area contributed by atoms with Gasteiger partial charge in [-0.1, -0.05) is 12.1 Å². The molecule has 1 aromatic carbocycles. The third-order valence-electron chi connectivity index (χ3n) is 3.36. The molecule has 2 rings (SSSR count). The average Bonchev–Trinajstić information content (AvgIpc) is 2.49. The number of methoxy groups -OCH3 is 1. The van der Waals surface area contributed by atoms with Crippen LogP contribution in [0.15, 0.2) is 24.3 Å². The highest BCUT2D eigenvalue weighted by Gasteiger charge is 2.29. The van der Waals surface area contributed by atoms with E-state index in [1.54, 1.807) is 12.1 Å². The quantitative estimate of drug-likeness (QED) is 0.845. The van der Waals surface area contributed by atoms with Crippen LogP contribution < -0.4 is 5.32 Å². The Balaban J connectivity index is 1.99. The predicted octanol–water partition coefficient (Wildman–Crippen LogP) is 2.24. The van der Waals surface area contributed by atoms with Crippen molar-refractivity contribution in [1.82, 2.24) is 4.90 Å². The van der Waals surface area contributed by atoms with Crippen LogP contribution in [0.2, 0.25) is 0 Å². The number of ether oxygens (including phenoxy) is 1. The fraction of sp³-hybridized carbons (Fsp3) is 0.429. The second kappa shape index (κ2) is 6.36. The molecule has 1 unspecified atom stereocenters. The van der Waals surface area contributed by atoms with Crippen molar-refractivity contribution in [1.29, 1.82) is 0 Å². The Morgan fingerprint density at radius 3 is 2.85 bits per heavy atom. The Morgan fingerprint density at radius 2 is 2.15 bits per heavy atom. The van der Waals surface area contributed by atoms with E-state index in [9.17, 15) is 14.0 Å². The monoisotopic (exact) mass is 280 g/mol. The molecular weight excluding hydrogens is 263 g/mol. The zero-order valence-corrected chi connectivity index (χ0v) is 11.3. The van der Waals surface area contributed by atoms with Crippen molar-refractivity contribution in [3.8, 4) is 0 Å². The highest BCUT2D eigenvalue weighted by Crippen LogP contribution is 2.19. The first-order chi connectivity index (χ1) is 9.61. The summed E-state index contributed by atoms with van der Waals surface area (Å²) in [5.74, 6) is -1.10. The van der Waals surface area contributed by atoms with E-state index < -0.39 is 11.8 Å². The zero-order valence-electron chi connectivity index (χ0n) is 11.3. The molecule has 0 aliphatic carbocycles. The summed E-state index contributed by atoms with van der Waals surface area (Å²) < 4.78 is 18.2. The molecule has 0 bridgehead atoms. The lowest BCUT2D eigenvalue weighted by atomic mass is 9.98. The number of benzene rings is 1. The maximum atomic E-state index is 13.5. The summed E-state index contributed by atoms with van der Waals surface area (Å²) in [5, 5.41) is 2.52. The van der Waals surface area contributed by atoms with Gasteiger partial charge in [-0.3, -0.25) is 4.79 Å². The van der Waals surface area contributed by atoms with E-state index in [1.165, 1.54) is 24.1 Å². The third kappa shape index (κ3) is 3.26. The van der Waals surface area contributed by atoms with E-state index in [2.05, 4.69) is 5.32 Å². The minimum Gasteiger partial charge on any atom is -0.469 e. The van der Waals surface area contributed by atoms with Gasteiger partial charge in [-0.2, -0.15) is 0 Å². The molecule has 1 atom stereocenters. The van der Waals surface area contributed by atoms with Gasteiger partial charge in [0.25, 0.3) is 0 Å². The van der Waals surface area contributed by atoms with E-state index >= 15 is 0 Å². The first-order valence-electron chi connectivity index (χ1n) is 6.50. The van der Waals surface area contributed by atoms with Crippen LogP contribution in [0.25, 0.3) is 0 Å². The van der Waals surface area contributed by atoms with Gasteiger partial charge in [0.2, 0.25) is 0 Å². The number of hydrogen-bond donors (Lipinski definition) is 1. The maximum Gasteiger partial charge on any atom is 0.321 e. The number of halogens is 1. The largest absolute Gasteiger partial charge is 0.469 e. The Labute approximate surface area is 116 Å². The van der Waals surface area contributed by atoms with Crippen molar-refractivity contribution in [2.75, 3.05) is 25.5 Å². The van der Waals surface area contributed by atoms with Crippen LogP contribution in [-0.2, 0) is 9.53 Å². The lowest BCUT2D eigenvalue weighted by molar-refractivity contribution is -0.146. The number of carbonyl (C=O) groups excluding carboxylic acids is 2. The highest BCUT2D eigenvalue weighted by molar-refractivity contribution is 5.90. The Kier molecular flexibility index (Phi) is 4.55. The highest BCUT2D eigenvalue weighted by atomic mass is 19.1. The van der Waals surface area contributed by atoms with Crippen molar-refractivity contribution in [2.24, 2.45) is 5.92 Å². The lowest BCUT2D eigenvalue weighted by Crippen LogP contribution is -2.44. The average molecular weight is 280 g/mol. The first-order valence-corrected chi connectivity index (χ1v) is 6.50. The number of hydrogen-bond acceptors (Lipinski definition) is 3. The van der Waals surface area contributed by atoms with Gasteiger partial charge in [0.15, 0.2) is 0 Å². The zero-order chi connectivity index (χ0) is 14.5. The molecule has 5 nitrogen and oxygen atoms in total. The smallest absolute Gasteiger partial charge is 0.321 e. The summed E-state index contributed by atoms with van der Waals surface area (Å²) >= 11 is 0. The Hall–Kier alpha value is -2.11. The number of para-hydroxylation sites is 1. The second-order valence-electron chi connectivity index (χ2n) is 4.72. The fourth-order valence-electron chi connectivity index (χ4n) is 2.28. The van der Waals surface area contributed by atoms with Crippen molar-refractivity contribution in [3.05, 3.63) is 30.1 Å². The standard InChI is InChI=1S/C14H17FN2O3/c1-20-13(18)10-5-4-8-17(9-10)14(19)16-12-7-3-2-6-11(12)15/h2-3,6-7,10H,4-5,8-9H2,1H3,(H,16,19). The van der Waals surface area contributed by atoms with Crippen LogP contribution in [0.3, 0.4) is 0 Å². The molecule has 1 aromatic rings. The molecule has 1 N–H and O–H groups in total. The van der Waals surface area contributed by atoms with Crippen LogP contribution in [0.4, 0.5) is 14.9 Å². The molecule has 0 spiro atoms. The van der Waals surface area contributed by atoms with Gasteiger partial charge in [0.1, 0.15) is 5.82 Å². The van der Waals surface area contributed by atoms with Gasteiger partial charge < -0.3 is 15.0 Å². The van der Waals surface area contributed by atoms with Crippen LogP contribution in [-0.4, -0.2) is 37.1 Å². The number of nitrogens with zero attached hydrogens (tertiary/aromatic N) is 1. The molecule has 1 fully saturated rings. The number of urea groups is 1. The van der Waals surface area contributed by atoms with Crippen LogP contribution in [0.5, 0.6) is 0 Å². The fourth-order valence-corrected chi connectivity index (χ4v) is 2.28. The first kappa shape index (κ1) is 14.3. The van der Waals surface area contributed by atoms with E-state index in [1.807, 2.05) is 0 Å². The molecule has 1 saturated heterocycles. The van der Waals surface area contributed by atoms with E-state index in [0.29, 0.717) is 19.5 Å². The number of esters is 1. The molecule has 1 aliphatic heterocycles. The number of nitrogens with one attached hydrogen (secondary N) is 1. The molecule has 0 aromatic heterocycles. The Bertz CT molecular complexity index is 507. The van der Waals surface area contributed by atoms with Crippen molar-refractivity contribution in [2.45, 2.75) is 12.8 Å². The molecule has 1 aliphatic rings. The number of amides is 2. The molecule has 6 heteroatoms. The van der Waals surface area contributed by atoms with Crippen molar-refractivity contribution >= 4 is 17.7 Å². The van der Waals surface area contributed by atoms with Crippen molar-refractivity contribution in [3.63, 3.8) is 0 Å². The minimum absolute atomic E-state index is 0.137. The van der Waals surface area contributed by atoms with Crippen LogP contribution in [0, 0.1) is 11.7 Å². The van der Waals surface area contributed by atoms with Crippen molar-refractivity contribution < 1.29 is 18.7 Å². The van der Waals surface area contributed by atoms with Crippen LogP contribution in [0.1, 0.15) is 12.8 Å². The molecule has 2 amide bonds. The Morgan fingerprint density at radius 1 is 1.40 bits per heavy atom. The van der Waals surface area contributed by atoms with Gasteiger partial charge >= 0.3 is 12.0 Å². The third-order valence-corrected chi connectivity index (χ3v) is 3.36. The lowest BCUT2D eigenvalue weighted by Gasteiger charge is -2.31. The summed E-state index contributed by atoms with van der Waals surface area (Å²) in [6.07, 6.45) is 1.43. The predicted molar refractivity (Wildman–Crippen MR) is 71.7 cm³/mol. The van der Waals surface area contributed by atoms with E-state index in [4.69, 9.17) is 4.74 Å². The molecular formula is C14H17FN2O3. The van der Waals surface area contributed by atoms with Gasteiger partial charge in [0, 0.05) is 13.1 Å². The number of piperidine rings is 1. The summed E-state index contributed by atoms with van der Waals surface area (Å²) in [6.45, 7) is 0.848. The number of likely N-dealkylation sites (tertiary alicyclic amines) is 1. The summed E-state index contributed by atoms with van der Waals surface area (Å²) in [5.41, 5.74) is 0.137. The molecule has 0 radical (unpaired) electrons. The molecule has 108 valence electrons. The SMILES string of the molecule is COC(=O)C1CCCN(C(=O)Nc2ccccc2F)C1. The van der Waals surface area contributed by atoms with Gasteiger partial charge in [0.05, 0.1) is 18.7 Å². The number of carbonyl (C=O) groups is 2. The molecule has 20 heavy (non-hydrogen) atoms. The normalized spacial score (nSPS) is 18.5. The maximum absolute atomic E-state index is 13.5. The van der Waals surface area contributed by atoms with E-state index in [-0.39, 0.29) is 17.6 Å². The second-order valence-corrected chi connectivity index (χ2v) is 4.72. The van der Waals surface area contributed by atoms with Gasteiger partial charge in [-0.15, -0.1) is 0 Å². The summed E-state index contributed by atoms with van der Waals surface area (Å²) in [6, 6.07) is 5.58. The van der Waals surface area contributed by atoms with E-state index in [0.717, 1.165) is 6.42 Å². The summed E-state index contributed by atoms with van der Waals surface area (Å²) in [7, 11) is 1.33. The molecule has 1 heterocycles. The van der Waals surface area contributed by atoms with Gasteiger partial charge in [-0.25, -0.2) is 9.18 Å². The van der Waals surface area contributed by atoms with Gasteiger partial charge in [-0.05, 0) is 25.0 Å². The molecule has 0 saturated carbocycles. The van der Waals surface area contributed by atoms with Crippen LogP contribution >= 0.6 is 0 Å². The summed E-state index contributed by atoms with van der Waals surface area (Å²) in [4.78, 5) is 25.1. The number of anilines is 1. The topological polar surface area (TPSA) is 58.6 Å².